The topological polar surface area (TPSA) is 218 Å². The predicted molar refractivity (Wildman–Crippen MR) is 220 cm³/mol. The van der Waals surface area contributed by atoms with Crippen LogP contribution in [-0.4, -0.2) is 96.3 Å². The zero-order valence-electron chi connectivity index (χ0n) is 34.8. The molecule has 1 saturated heterocycles. The summed E-state index contributed by atoms with van der Waals surface area (Å²) in [5.74, 6) is -1.18. The summed E-state index contributed by atoms with van der Waals surface area (Å²) in [6.45, 7) is 7.90. The second-order valence-electron chi connectivity index (χ2n) is 17.8. The Morgan fingerprint density at radius 1 is 1.11 bits per heavy atom. The van der Waals surface area contributed by atoms with E-state index in [0.29, 0.717) is 66.8 Å². The SMILES string of the molecule is C=C[C@H]1C[C@@]1(NC(=O)[C@@H]1C[C@@H]2CN1C(=O)[C@H](C1CCCC1)NC(=O)OCC(C)(C)CCCc1cc3c(cc(OCc4ncco4)nc3cc1OC)O2)C(=O)NS(=O)(=O)C1CC1. The molecule has 3 aromatic rings. The van der Waals surface area contributed by atoms with Crippen molar-refractivity contribution in [1.29, 1.82) is 0 Å². The Hall–Kier alpha value is -5.39. The Balaban J connectivity index is 1.16. The normalized spacial score (nSPS) is 27.0. The number of benzene rings is 1. The number of aromatic nitrogens is 2. The van der Waals surface area contributed by atoms with Gasteiger partial charge in [0.25, 0.3) is 5.91 Å². The van der Waals surface area contributed by atoms with Gasteiger partial charge >= 0.3 is 6.09 Å². The quantitative estimate of drug-likeness (QED) is 0.227. The van der Waals surface area contributed by atoms with Crippen LogP contribution in [-0.2, 0) is 42.2 Å². The maximum Gasteiger partial charge on any atom is 0.407 e. The van der Waals surface area contributed by atoms with Crippen molar-refractivity contribution in [2.45, 2.75) is 120 Å². The molecule has 0 unspecified atom stereocenters. The molecule has 0 spiro atoms. The highest BCUT2D eigenvalue weighted by atomic mass is 32.2. The standard InChI is InChI=1S/C43H54N6O11S/c1-5-27-21-43(27,40(52)48-61(54,55)29-12-13-29)47-38(50)32-18-28-22-49(32)39(51)37(25-9-6-7-10-25)46-41(53)59-24-42(2,3)14-8-11-26-17-30-31(19-33(26)56-4)45-35(20-34(30)60-28)58-23-36-44-15-16-57-36/h5,15-17,19-20,25,27-29,32,37H,1,6-14,18,21-24H2,2-4H3,(H,46,53)(H,47,50)(H,48,52)/t27-,28+,32-,37-,43-/m0/s1. The zero-order valence-corrected chi connectivity index (χ0v) is 35.6. The molecule has 0 radical (unpaired) electrons. The summed E-state index contributed by atoms with van der Waals surface area (Å²) in [5.41, 5.74) is -0.556. The number of pyridine rings is 1. The number of aryl methyl sites for hydroxylation is 1. The molecule has 328 valence electrons. The molecule has 4 fully saturated rings. The fourth-order valence-electron chi connectivity index (χ4n) is 8.94. The maximum absolute atomic E-state index is 14.9. The van der Waals surface area contributed by atoms with E-state index in [1.165, 1.54) is 23.4 Å². The summed E-state index contributed by atoms with van der Waals surface area (Å²) in [4.78, 5) is 67.0. The number of carbonyl (C=O) groups excluding carboxylic acids is 4. The number of carbonyl (C=O) groups is 4. The molecule has 4 heterocycles. The first-order valence-corrected chi connectivity index (χ1v) is 22.7. The van der Waals surface area contributed by atoms with Crippen LogP contribution in [0.2, 0.25) is 0 Å². The molecule has 18 heteroatoms. The number of amides is 4. The van der Waals surface area contributed by atoms with E-state index in [-0.39, 0.29) is 44.4 Å². The highest BCUT2D eigenvalue weighted by Gasteiger charge is 2.62. The van der Waals surface area contributed by atoms with E-state index in [2.05, 4.69) is 26.9 Å². The highest BCUT2D eigenvalue weighted by Crippen LogP contribution is 2.46. The lowest BCUT2D eigenvalue weighted by Crippen LogP contribution is -2.59. The van der Waals surface area contributed by atoms with Gasteiger partial charge in [-0.1, -0.05) is 32.8 Å². The Kier molecular flexibility index (Phi) is 11.7. The molecule has 8 rings (SSSR count). The van der Waals surface area contributed by atoms with Gasteiger partial charge in [-0.05, 0) is 74.3 Å². The number of hydrogen-bond donors (Lipinski definition) is 3. The van der Waals surface area contributed by atoms with Crippen molar-refractivity contribution in [3.05, 3.63) is 54.8 Å². The third-order valence-corrected chi connectivity index (χ3v) is 14.5. The molecular weight excluding hydrogens is 809 g/mol. The monoisotopic (exact) mass is 862 g/mol. The van der Waals surface area contributed by atoms with Crippen LogP contribution in [0, 0.1) is 17.3 Å². The fraction of sp³-hybridized carbons (Fsp3) is 0.581. The summed E-state index contributed by atoms with van der Waals surface area (Å²) < 4.78 is 57.7. The van der Waals surface area contributed by atoms with Crippen LogP contribution in [0.5, 0.6) is 17.4 Å². The van der Waals surface area contributed by atoms with Crippen molar-refractivity contribution >= 4 is 44.7 Å². The van der Waals surface area contributed by atoms with E-state index < -0.39 is 74.1 Å². The molecule has 3 aliphatic carbocycles. The van der Waals surface area contributed by atoms with E-state index >= 15 is 0 Å². The van der Waals surface area contributed by atoms with Crippen molar-refractivity contribution in [3.63, 3.8) is 0 Å². The molecule has 5 atom stereocenters. The minimum atomic E-state index is -3.93. The van der Waals surface area contributed by atoms with Crippen LogP contribution in [0.15, 0.2) is 47.7 Å². The van der Waals surface area contributed by atoms with E-state index in [1.54, 1.807) is 13.2 Å². The van der Waals surface area contributed by atoms with E-state index in [1.807, 2.05) is 26.0 Å². The van der Waals surface area contributed by atoms with Crippen LogP contribution in [0.3, 0.4) is 0 Å². The van der Waals surface area contributed by atoms with Crippen LogP contribution >= 0.6 is 0 Å². The summed E-state index contributed by atoms with van der Waals surface area (Å²) in [6.07, 6.45) is 9.25. The maximum atomic E-state index is 14.9. The van der Waals surface area contributed by atoms with Gasteiger partial charge in [0.2, 0.25) is 33.6 Å². The highest BCUT2D eigenvalue weighted by molar-refractivity contribution is 7.91. The second kappa shape index (κ2) is 16.8. The lowest BCUT2D eigenvalue weighted by atomic mass is 9.87. The van der Waals surface area contributed by atoms with Crippen molar-refractivity contribution in [2.24, 2.45) is 17.3 Å². The van der Waals surface area contributed by atoms with Crippen LogP contribution in [0.1, 0.15) is 89.5 Å². The predicted octanol–water partition coefficient (Wildman–Crippen LogP) is 4.48. The van der Waals surface area contributed by atoms with Crippen molar-refractivity contribution in [3.8, 4) is 17.4 Å². The third kappa shape index (κ3) is 9.14. The molecule has 2 aromatic heterocycles. The van der Waals surface area contributed by atoms with Crippen molar-refractivity contribution in [2.75, 3.05) is 20.3 Å². The molecule has 1 aromatic carbocycles. The number of nitrogens with one attached hydrogen (secondary N) is 3. The van der Waals surface area contributed by atoms with Gasteiger partial charge in [0, 0.05) is 29.9 Å². The van der Waals surface area contributed by atoms with Gasteiger partial charge in [-0.2, -0.15) is 0 Å². The van der Waals surface area contributed by atoms with E-state index in [0.717, 1.165) is 24.8 Å². The van der Waals surface area contributed by atoms with E-state index in [4.69, 9.17) is 28.3 Å². The summed E-state index contributed by atoms with van der Waals surface area (Å²) in [6, 6.07) is 3.27. The van der Waals surface area contributed by atoms with Gasteiger partial charge in [0.1, 0.15) is 41.5 Å². The third-order valence-electron chi connectivity index (χ3n) is 12.7. The Bertz CT molecular complexity index is 2290. The van der Waals surface area contributed by atoms with Gasteiger partial charge in [0.15, 0.2) is 6.61 Å². The molecule has 4 bridgehead atoms. The van der Waals surface area contributed by atoms with Gasteiger partial charge in [-0.25, -0.2) is 23.2 Å². The molecule has 3 N–H and O–H groups in total. The Morgan fingerprint density at radius 3 is 2.59 bits per heavy atom. The van der Waals surface area contributed by atoms with Gasteiger partial charge in [-0.15, -0.1) is 6.58 Å². The number of alkyl carbamates (subject to hydrolysis) is 1. The number of sulfonamides is 1. The molecule has 17 nitrogen and oxygen atoms in total. The number of fused-ring (bicyclic) bond motifs is 3. The van der Waals surface area contributed by atoms with Crippen LogP contribution < -0.4 is 29.6 Å². The first-order valence-electron chi connectivity index (χ1n) is 21.1. The number of methoxy groups -OCH3 is 1. The molecule has 2 aliphatic heterocycles. The molecule has 61 heavy (non-hydrogen) atoms. The van der Waals surface area contributed by atoms with E-state index in [9.17, 15) is 27.6 Å². The van der Waals surface area contributed by atoms with Crippen LogP contribution in [0.4, 0.5) is 4.79 Å². The first-order chi connectivity index (χ1) is 29.2. The van der Waals surface area contributed by atoms with Gasteiger partial charge in [-0.3, -0.25) is 19.1 Å². The summed E-state index contributed by atoms with van der Waals surface area (Å²) >= 11 is 0. The Labute approximate surface area is 354 Å². The Morgan fingerprint density at radius 2 is 1.90 bits per heavy atom. The lowest BCUT2D eigenvalue weighted by molar-refractivity contribution is -0.142. The summed E-state index contributed by atoms with van der Waals surface area (Å²) in [5, 5.41) is 5.72. The van der Waals surface area contributed by atoms with Crippen molar-refractivity contribution in [1.82, 2.24) is 30.2 Å². The zero-order chi connectivity index (χ0) is 43.1. The van der Waals surface area contributed by atoms with Crippen LogP contribution in [0.25, 0.3) is 10.9 Å². The van der Waals surface area contributed by atoms with Gasteiger partial charge in [0.05, 0.1) is 37.2 Å². The second-order valence-corrected chi connectivity index (χ2v) is 19.7. The number of hydrogen-bond acceptors (Lipinski definition) is 13. The average molecular weight is 863 g/mol. The lowest BCUT2D eigenvalue weighted by Gasteiger charge is -2.32. The number of ether oxygens (including phenoxy) is 4. The largest absolute Gasteiger partial charge is 0.496 e. The smallest absolute Gasteiger partial charge is 0.407 e. The number of oxazole rings is 1. The number of cyclic esters (lactones) is 1. The molecule has 4 amide bonds. The first kappa shape index (κ1) is 42.3. The number of nitrogens with zero attached hydrogens (tertiary/aromatic N) is 3. The average Bonchev–Trinajstić information content (AvgIpc) is 3.97. The number of rotatable bonds is 11. The summed E-state index contributed by atoms with van der Waals surface area (Å²) in [7, 11) is -2.34. The molecule has 5 aliphatic rings. The molecular formula is C43H54N6O11S. The fourth-order valence-corrected chi connectivity index (χ4v) is 10.3. The van der Waals surface area contributed by atoms with Crippen molar-refractivity contribution < 1.29 is 51.0 Å². The minimum Gasteiger partial charge on any atom is -0.496 e. The van der Waals surface area contributed by atoms with Gasteiger partial charge < -0.3 is 38.9 Å². The minimum absolute atomic E-state index is 0.00373. The molecule has 3 saturated carbocycles.